The Morgan fingerprint density at radius 3 is 2.45 bits per heavy atom. The quantitative estimate of drug-likeness (QED) is 0.877. The van der Waals surface area contributed by atoms with Crippen LogP contribution in [0.3, 0.4) is 0 Å². The number of aliphatic hydroxyl groups is 1. The molecule has 0 aromatic carbocycles. The molecule has 0 saturated carbocycles. The van der Waals surface area contributed by atoms with Crippen molar-refractivity contribution in [1.29, 1.82) is 0 Å². The summed E-state index contributed by atoms with van der Waals surface area (Å²) in [5.41, 5.74) is 1.27. The van der Waals surface area contributed by atoms with Gasteiger partial charge in [0.25, 0.3) is 0 Å². The molecule has 22 heavy (non-hydrogen) atoms. The van der Waals surface area contributed by atoms with E-state index in [4.69, 9.17) is 0 Å². The van der Waals surface area contributed by atoms with Gasteiger partial charge >= 0.3 is 0 Å². The number of rotatable bonds is 6. The van der Waals surface area contributed by atoms with Crippen LogP contribution in [0.4, 0.5) is 5.82 Å². The van der Waals surface area contributed by atoms with E-state index < -0.39 is 0 Å². The van der Waals surface area contributed by atoms with E-state index in [0.717, 1.165) is 44.7 Å². The van der Waals surface area contributed by atoms with Gasteiger partial charge in [-0.1, -0.05) is 19.9 Å². The molecule has 124 valence electrons. The first-order chi connectivity index (χ1) is 10.5. The minimum atomic E-state index is -0.122. The number of pyridine rings is 1. The molecule has 1 aromatic rings. The number of nitrogens with zero attached hydrogens (tertiary/aromatic N) is 3. The predicted octanol–water partition coefficient (Wildman–Crippen LogP) is 2.77. The molecule has 1 atom stereocenters. The summed E-state index contributed by atoms with van der Waals surface area (Å²) in [6, 6.07) is 4.25. The van der Waals surface area contributed by atoms with E-state index in [1.165, 1.54) is 5.56 Å². The lowest BCUT2D eigenvalue weighted by Gasteiger charge is -2.34. The van der Waals surface area contributed by atoms with Gasteiger partial charge in [-0.15, -0.1) is 0 Å². The lowest BCUT2D eigenvalue weighted by atomic mass is 9.87. The van der Waals surface area contributed by atoms with Crippen molar-refractivity contribution in [2.75, 3.05) is 32.1 Å². The molecule has 4 heteroatoms. The number of hydrogen-bond donors (Lipinski definition) is 1. The van der Waals surface area contributed by atoms with Crippen LogP contribution in [0.15, 0.2) is 18.3 Å². The highest BCUT2D eigenvalue weighted by molar-refractivity contribution is 5.37. The van der Waals surface area contributed by atoms with Gasteiger partial charge in [-0.05, 0) is 55.8 Å². The van der Waals surface area contributed by atoms with Crippen LogP contribution in [0.2, 0.25) is 0 Å². The van der Waals surface area contributed by atoms with Gasteiger partial charge < -0.3 is 10.0 Å². The van der Waals surface area contributed by atoms with E-state index in [-0.39, 0.29) is 6.10 Å². The van der Waals surface area contributed by atoms with Gasteiger partial charge in [0.05, 0.1) is 6.10 Å². The second-order valence-electron chi connectivity index (χ2n) is 7.23. The van der Waals surface area contributed by atoms with Crippen molar-refractivity contribution < 1.29 is 5.11 Å². The molecule has 0 bridgehead atoms. The molecule has 1 fully saturated rings. The zero-order chi connectivity index (χ0) is 16.1. The van der Waals surface area contributed by atoms with Crippen LogP contribution >= 0.6 is 0 Å². The maximum Gasteiger partial charge on any atom is 0.127 e. The van der Waals surface area contributed by atoms with Crippen molar-refractivity contribution in [1.82, 2.24) is 9.88 Å². The average molecular weight is 305 g/mol. The highest BCUT2D eigenvalue weighted by atomic mass is 16.3. The Morgan fingerprint density at radius 2 is 1.95 bits per heavy atom. The van der Waals surface area contributed by atoms with Crippen LogP contribution in [-0.4, -0.2) is 48.3 Å². The fraction of sp³-hybridized carbons (Fsp3) is 0.722. The Balaban J connectivity index is 1.79. The standard InChI is InChI=1S/C18H31N3O/c1-14(2)11-17(22)16-7-9-21(10-8-16)13-15-5-6-18(19-12-15)20(3)4/h5-6,12,14,16-17,22H,7-11,13H2,1-4H3/t17-/m0/s1. The summed E-state index contributed by atoms with van der Waals surface area (Å²) in [5.74, 6) is 2.06. The normalized spacial score (nSPS) is 18.6. The molecule has 4 nitrogen and oxygen atoms in total. The van der Waals surface area contributed by atoms with Crippen molar-refractivity contribution in [2.24, 2.45) is 11.8 Å². The first kappa shape index (κ1) is 17.2. The van der Waals surface area contributed by atoms with Gasteiger partial charge in [0.2, 0.25) is 0 Å². The largest absolute Gasteiger partial charge is 0.393 e. The zero-order valence-electron chi connectivity index (χ0n) is 14.5. The van der Waals surface area contributed by atoms with Crippen LogP contribution in [0.1, 0.15) is 38.7 Å². The Labute approximate surface area is 135 Å². The highest BCUT2D eigenvalue weighted by Crippen LogP contribution is 2.25. The fourth-order valence-electron chi connectivity index (χ4n) is 3.20. The number of aromatic nitrogens is 1. The molecular weight excluding hydrogens is 274 g/mol. The van der Waals surface area contributed by atoms with E-state index in [0.29, 0.717) is 11.8 Å². The third-order valence-corrected chi connectivity index (χ3v) is 4.56. The summed E-state index contributed by atoms with van der Waals surface area (Å²) >= 11 is 0. The minimum absolute atomic E-state index is 0.122. The number of likely N-dealkylation sites (tertiary alicyclic amines) is 1. The van der Waals surface area contributed by atoms with E-state index in [2.05, 4.69) is 35.9 Å². The smallest absolute Gasteiger partial charge is 0.127 e. The monoisotopic (exact) mass is 305 g/mol. The third-order valence-electron chi connectivity index (χ3n) is 4.56. The third kappa shape index (κ3) is 4.96. The van der Waals surface area contributed by atoms with Crippen molar-refractivity contribution in [2.45, 2.75) is 45.8 Å². The number of hydrogen-bond acceptors (Lipinski definition) is 4. The topological polar surface area (TPSA) is 39.6 Å². The summed E-state index contributed by atoms with van der Waals surface area (Å²) in [6.07, 6.45) is 5.01. The van der Waals surface area contributed by atoms with E-state index in [1.54, 1.807) is 0 Å². The Kier molecular flexibility index (Phi) is 6.21. The van der Waals surface area contributed by atoms with Crippen LogP contribution in [0.5, 0.6) is 0 Å². The van der Waals surface area contributed by atoms with Gasteiger partial charge in [-0.2, -0.15) is 0 Å². The molecule has 1 aliphatic rings. The molecule has 1 N–H and O–H groups in total. The molecule has 0 unspecified atom stereocenters. The first-order valence-electron chi connectivity index (χ1n) is 8.48. The average Bonchev–Trinajstić information content (AvgIpc) is 2.48. The van der Waals surface area contributed by atoms with Gasteiger partial charge in [0, 0.05) is 26.8 Å². The summed E-state index contributed by atoms with van der Waals surface area (Å²) in [4.78, 5) is 8.98. The lowest BCUT2D eigenvalue weighted by Crippen LogP contribution is -2.37. The van der Waals surface area contributed by atoms with Crippen LogP contribution < -0.4 is 4.90 Å². The van der Waals surface area contributed by atoms with Crippen molar-refractivity contribution in [3.63, 3.8) is 0 Å². The number of aliphatic hydroxyl groups excluding tert-OH is 1. The summed E-state index contributed by atoms with van der Waals surface area (Å²) in [5, 5.41) is 10.3. The molecule has 2 rings (SSSR count). The van der Waals surface area contributed by atoms with Crippen LogP contribution in [0.25, 0.3) is 0 Å². The summed E-state index contributed by atoms with van der Waals surface area (Å²) in [6.45, 7) is 7.49. The summed E-state index contributed by atoms with van der Waals surface area (Å²) in [7, 11) is 4.02. The van der Waals surface area contributed by atoms with E-state index >= 15 is 0 Å². The minimum Gasteiger partial charge on any atom is -0.393 e. The van der Waals surface area contributed by atoms with E-state index in [9.17, 15) is 5.11 Å². The molecule has 0 radical (unpaired) electrons. The van der Waals surface area contributed by atoms with E-state index in [1.807, 2.05) is 25.2 Å². The molecule has 1 saturated heterocycles. The van der Waals surface area contributed by atoms with Gasteiger partial charge in [0.15, 0.2) is 0 Å². The second-order valence-corrected chi connectivity index (χ2v) is 7.23. The lowest BCUT2D eigenvalue weighted by molar-refractivity contribution is 0.0436. The van der Waals surface area contributed by atoms with Crippen LogP contribution in [0, 0.1) is 11.8 Å². The molecule has 0 aliphatic carbocycles. The molecule has 0 spiro atoms. The van der Waals surface area contributed by atoms with Crippen molar-refractivity contribution in [3.05, 3.63) is 23.9 Å². The van der Waals surface area contributed by atoms with Gasteiger partial charge in [-0.25, -0.2) is 4.98 Å². The number of anilines is 1. The van der Waals surface area contributed by atoms with Crippen LogP contribution in [-0.2, 0) is 6.54 Å². The highest BCUT2D eigenvalue weighted by Gasteiger charge is 2.25. The maximum atomic E-state index is 10.3. The first-order valence-corrected chi connectivity index (χ1v) is 8.48. The molecule has 1 aliphatic heterocycles. The SMILES string of the molecule is CC(C)C[C@H](O)C1CCN(Cc2ccc(N(C)C)nc2)CC1. The fourth-order valence-corrected chi connectivity index (χ4v) is 3.20. The van der Waals surface area contributed by atoms with Gasteiger partial charge in [-0.3, -0.25) is 4.90 Å². The molecule has 0 amide bonds. The maximum absolute atomic E-state index is 10.3. The van der Waals surface area contributed by atoms with Gasteiger partial charge in [0.1, 0.15) is 5.82 Å². The number of piperidine rings is 1. The molecule has 2 heterocycles. The van der Waals surface area contributed by atoms with Crippen molar-refractivity contribution >= 4 is 5.82 Å². The molecular formula is C18H31N3O. The Morgan fingerprint density at radius 1 is 1.27 bits per heavy atom. The Hall–Kier alpha value is -1.13. The Bertz CT molecular complexity index is 436. The van der Waals surface area contributed by atoms with Crippen molar-refractivity contribution in [3.8, 4) is 0 Å². The predicted molar refractivity (Wildman–Crippen MR) is 92.0 cm³/mol. The second kappa shape index (κ2) is 7.93. The molecule has 1 aromatic heterocycles. The summed E-state index contributed by atoms with van der Waals surface area (Å²) < 4.78 is 0. The zero-order valence-corrected chi connectivity index (χ0v) is 14.5.